The van der Waals surface area contributed by atoms with Gasteiger partial charge in [-0.2, -0.15) is 0 Å². The Kier molecular flexibility index (Phi) is 4.35. The van der Waals surface area contributed by atoms with Gasteiger partial charge >= 0.3 is 0 Å². The van der Waals surface area contributed by atoms with Gasteiger partial charge in [0.25, 0.3) is 0 Å². The Morgan fingerprint density at radius 1 is 1.36 bits per heavy atom. The molecule has 14 heavy (non-hydrogen) atoms. The summed E-state index contributed by atoms with van der Waals surface area (Å²) in [5, 5.41) is 13.1. The normalized spacial score (nSPS) is 21.4. The van der Waals surface area contributed by atoms with Crippen LogP contribution >= 0.6 is 0 Å². The van der Waals surface area contributed by atoms with Crippen LogP contribution in [0.3, 0.4) is 0 Å². The molecule has 1 heterocycles. The van der Waals surface area contributed by atoms with Gasteiger partial charge in [0.15, 0.2) is 0 Å². The van der Waals surface area contributed by atoms with Gasteiger partial charge in [-0.15, -0.1) is 0 Å². The summed E-state index contributed by atoms with van der Waals surface area (Å²) < 4.78 is 0. The number of rotatable bonds is 5. The Labute approximate surface area is 87.5 Å². The van der Waals surface area contributed by atoms with E-state index in [-0.39, 0.29) is 6.04 Å². The highest BCUT2D eigenvalue weighted by atomic mass is 16.3. The van der Waals surface area contributed by atoms with Crippen molar-refractivity contribution < 1.29 is 5.11 Å². The van der Waals surface area contributed by atoms with Crippen molar-refractivity contribution in [2.45, 2.75) is 45.3 Å². The second-order valence-electron chi connectivity index (χ2n) is 4.88. The Bertz CT molecular complexity index is 159. The van der Waals surface area contributed by atoms with Gasteiger partial charge in [-0.1, -0.05) is 0 Å². The van der Waals surface area contributed by atoms with Crippen LogP contribution < -0.4 is 5.32 Å². The van der Waals surface area contributed by atoms with Crippen molar-refractivity contribution in [1.82, 2.24) is 10.2 Å². The summed E-state index contributed by atoms with van der Waals surface area (Å²) in [4.78, 5) is 2.48. The Hall–Kier alpha value is -0.120. The van der Waals surface area contributed by atoms with E-state index in [2.05, 4.69) is 10.2 Å². The molecule has 0 amide bonds. The van der Waals surface area contributed by atoms with Crippen LogP contribution in [0.1, 0.15) is 33.6 Å². The van der Waals surface area contributed by atoms with E-state index in [0.717, 1.165) is 13.1 Å². The molecule has 0 aromatic carbocycles. The molecule has 1 saturated heterocycles. The molecule has 3 nitrogen and oxygen atoms in total. The van der Waals surface area contributed by atoms with Crippen molar-refractivity contribution in [3.05, 3.63) is 0 Å². The smallest absolute Gasteiger partial charge is 0.0741 e. The molecular formula is C11H24N2O. The largest absolute Gasteiger partial charge is 0.389 e. The first-order valence-electron chi connectivity index (χ1n) is 5.68. The first kappa shape index (κ1) is 12.0. The molecule has 1 fully saturated rings. The highest BCUT2D eigenvalue weighted by molar-refractivity contribution is 4.80. The molecule has 1 rings (SSSR count). The molecule has 1 aliphatic rings. The molecule has 1 unspecified atom stereocenters. The minimum absolute atomic E-state index is 0.158. The molecule has 0 saturated carbocycles. The van der Waals surface area contributed by atoms with Gasteiger partial charge in [-0.05, 0) is 46.7 Å². The van der Waals surface area contributed by atoms with Crippen molar-refractivity contribution in [1.29, 1.82) is 0 Å². The number of likely N-dealkylation sites (tertiary alicyclic amines) is 1. The lowest BCUT2D eigenvalue weighted by atomic mass is 10.0. The minimum atomic E-state index is -0.620. The third-order valence-corrected chi connectivity index (χ3v) is 3.14. The summed E-state index contributed by atoms with van der Waals surface area (Å²) in [7, 11) is 0. The van der Waals surface area contributed by atoms with Gasteiger partial charge in [0.1, 0.15) is 0 Å². The molecule has 0 bridgehead atoms. The van der Waals surface area contributed by atoms with Crippen LogP contribution in [0.15, 0.2) is 0 Å². The van der Waals surface area contributed by atoms with E-state index in [0.29, 0.717) is 0 Å². The second-order valence-corrected chi connectivity index (χ2v) is 4.88. The lowest BCUT2D eigenvalue weighted by molar-refractivity contribution is 0.0437. The third kappa shape index (κ3) is 3.95. The van der Waals surface area contributed by atoms with Crippen LogP contribution in [0.5, 0.6) is 0 Å². The molecule has 3 heteroatoms. The zero-order chi connectivity index (χ0) is 10.6. The fraction of sp³-hybridized carbons (Fsp3) is 1.00. The molecule has 2 N–H and O–H groups in total. The summed E-state index contributed by atoms with van der Waals surface area (Å²) in [5.74, 6) is 0. The molecule has 0 aliphatic carbocycles. The van der Waals surface area contributed by atoms with Crippen molar-refractivity contribution in [3.63, 3.8) is 0 Å². The van der Waals surface area contributed by atoms with Crippen molar-refractivity contribution in [2.75, 3.05) is 26.2 Å². The van der Waals surface area contributed by atoms with Gasteiger partial charge in [0, 0.05) is 19.1 Å². The maximum Gasteiger partial charge on any atom is 0.0741 e. The molecule has 1 aliphatic heterocycles. The first-order valence-corrected chi connectivity index (χ1v) is 5.68. The maximum atomic E-state index is 9.70. The van der Waals surface area contributed by atoms with Crippen LogP contribution in [0.2, 0.25) is 0 Å². The highest BCUT2D eigenvalue weighted by Gasteiger charge is 2.21. The minimum Gasteiger partial charge on any atom is -0.389 e. The summed E-state index contributed by atoms with van der Waals surface area (Å²) in [6, 6.07) is 0.158. The van der Waals surface area contributed by atoms with E-state index >= 15 is 0 Å². The first-order chi connectivity index (χ1) is 6.50. The van der Waals surface area contributed by atoms with Gasteiger partial charge in [0.2, 0.25) is 0 Å². The summed E-state index contributed by atoms with van der Waals surface area (Å²) in [6.07, 6.45) is 2.70. The standard InChI is InChI=1S/C11H24N2O/c1-10(11(2,3)14)12-6-9-13-7-4-5-8-13/h10,12,14H,4-9H2,1-3H3. The summed E-state index contributed by atoms with van der Waals surface area (Å²) in [6.45, 7) is 10.3. The summed E-state index contributed by atoms with van der Waals surface area (Å²) in [5.41, 5.74) is -0.620. The second kappa shape index (κ2) is 5.10. The molecule has 0 aromatic rings. The number of aliphatic hydroxyl groups is 1. The van der Waals surface area contributed by atoms with Crippen LogP contribution in [0.25, 0.3) is 0 Å². The fourth-order valence-electron chi connectivity index (χ4n) is 1.70. The number of hydrogen-bond donors (Lipinski definition) is 2. The van der Waals surface area contributed by atoms with Crippen molar-refractivity contribution >= 4 is 0 Å². The summed E-state index contributed by atoms with van der Waals surface area (Å²) >= 11 is 0. The van der Waals surface area contributed by atoms with Crippen molar-refractivity contribution in [2.24, 2.45) is 0 Å². The monoisotopic (exact) mass is 200 g/mol. The van der Waals surface area contributed by atoms with Gasteiger partial charge in [0.05, 0.1) is 5.60 Å². The Morgan fingerprint density at radius 2 is 1.93 bits per heavy atom. The van der Waals surface area contributed by atoms with Gasteiger partial charge in [-0.25, -0.2) is 0 Å². The topological polar surface area (TPSA) is 35.5 Å². The lowest BCUT2D eigenvalue weighted by Crippen LogP contribution is -2.46. The number of nitrogens with zero attached hydrogens (tertiary/aromatic N) is 1. The Morgan fingerprint density at radius 3 is 2.43 bits per heavy atom. The number of hydrogen-bond acceptors (Lipinski definition) is 3. The molecule has 0 radical (unpaired) electrons. The van der Waals surface area contributed by atoms with E-state index < -0.39 is 5.60 Å². The highest BCUT2D eigenvalue weighted by Crippen LogP contribution is 2.08. The SMILES string of the molecule is CC(NCCN1CCCC1)C(C)(C)O. The zero-order valence-electron chi connectivity index (χ0n) is 9.71. The van der Waals surface area contributed by atoms with Crippen LogP contribution in [-0.4, -0.2) is 47.8 Å². The Balaban J connectivity index is 2.08. The van der Waals surface area contributed by atoms with E-state index in [9.17, 15) is 5.11 Å². The van der Waals surface area contributed by atoms with Gasteiger partial charge < -0.3 is 15.3 Å². The van der Waals surface area contributed by atoms with Crippen molar-refractivity contribution in [3.8, 4) is 0 Å². The van der Waals surface area contributed by atoms with Crippen LogP contribution in [0.4, 0.5) is 0 Å². The molecule has 84 valence electrons. The van der Waals surface area contributed by atoms with Gasteiger partial charge in [-0.3, -0.25) is 0 Å². The average Bonchev–Trinajstić information content (AvgIpc) is 2.55. The molecule has 0 aromatic heterocycles. The zero-order valence-corrected chi connectivity index (χ0v) is 9.71. The maximum absolute atomic E-state index is 9.70. The number of nitrogens with one attached hydrogen (secondary N) is 1. The fourth-order valence-corrected chi connectivity index (χ4v) is 1.70. The van der Waals surface area contributed by atoms with E-state index in [4.69, 9.17) is 0 Å². The predicted molar refractivity (Wildman–Crippen MR) is 59.4 cm³/mol. The van der Waals surface area contributed by atoms with E-state index in [1.807, 2.05) is 20.8 Å². The average molecular weight is 200 g/mol. The quantitative estimate of drug-likeness (QED) is 0.690. The molecular weight excluding hydrogens is 176 g/mol. The third-order valence-electron chi connectivity index (χ3n) is 3.14. The lowest BCUT2D eigenvalue weighted by Gasteiger charge is -2.27. The van der Waals surface area contributed by atoms with E-state index in [1.165, 1.54) is 25.9 Å². The molecule has 1 atom stereocenters. The van der Waals surface area contributed by atoms with E-state index in [1.54, 1.807) is 0 Å². The molecule has 0 spiro atoms. The predicted octanol–water partition coefficient (Wildman–Crippen LogP) is 0.831. The van der Waals surface area contributed by atoms with Crippen LogP contribution in [-0.2, 0) is 0 Å². The van der Waals surface area contributed by atoms with Crippen LogP contribution in [0, 0.1) is 0 Å².